The molecule has 110 valence electrons. The molecule has 0 aromatic heterocycles. The third-order valence-corrected chi connectivity index (χ3v) is 4.36. The van der Waals surface area contributed by atoms with Crippen molar-refractivity contribution in [2.24, 2.45) is 10.9 Å². The Morgan fingerprint density at radius 2 is 2.30 bits per heavy atom. The predicted octanol–water partition coefficient (Wildman–Crippen LogP) is 2.07. The lowest BCUT2D eigenvalue weighted by molar-refractivity contribution is 0.248. The molecule has 0 aliphatic carbocycles. The Bertz CT molecular complexity index is 506. The SMILES string of the molecule is CN1CCCC(N(C)c2ccc(Br)cc2/C(N)=N/O)C1. The largest absolute Gasteiger partial charge is 0.409 e. The van der Waals surface area contributed by atoms with Gasteiger partial charge >= 0.3 is 0 Å². The molecule has 1 aliphatic rings. The van der Waals surface area contributed by atoms with Crippen LogP contribution in [-0.4, -0.2) is 49.2 Å². The Morgan fingerprint density at radius 3 is 2.95 bits per heavy atom. The molecule has 6 heteroatoms. The van der Waals surface area contributed by atoms with Gasteiger partial charge in [-0.05, 0) is 44.6 Å². The topological polar surface area (TPSA) is 65.1 Å². The van der Waals surface area contributed by atoms with E-state index in [0.717, 1.165) is 35.2 Å². The second-order valence-corrected chi connectivity index (χ2v) is 6.23. The third-order valence-electron chi connectivity index (χ3n) is 3.87. The molecule has 0 saturated carbocycles. The maximum Gasteiger partial charge on any atom is 0.172 e. The van der Waals surface area contributed by atoms with Crippen LogP contribution in [0.5, 0.6) is 0 Å². The molecule has 2 rings (SSSR count). The molecule has 1 aliphatic heterocycles. The van der Waals surface area contributed by atoms with Crippen LogP contribution in [0.15, 0.2) is 27.8 Å². The van der Waals surface area contributed by atoms with Gasteiger partial charge in [-0.25, -0.2) is 0 Å². The van der Waals surface area contributed by atoms with Crippen molar-refractivity contribution in [3.05, 3.63) is 28.2 Å². The van der Waals surface area contributed by atoms with Crippen molar-refractivity contribution in [1.29, 1.82) is 0 Å². The second-order valence-electron chi connectivity index (χ2n) is 5.32. The lowest BCUT2D eigenvalue weighted by atomic mass is 10.0. The Labute approximate surface area is 128 Å². The van der Waals surface area contributed by atoms with Crippen LogP contribution >= 0.6 is 15.9 Å². The van der Waals surface area contributed by atoms with Crippen molar-refractivity contribution < 1.29 is 5.21 Å². The fourth-order valence-electron chi connectivity index (χ4n) is 2.73. The molecule has 0 amide bonds. The third kappa shape index (κ3) is 3.24. The van der Waals surface area contributed by atoms with Crippen LogP contribution in [0.25, 0.3) is 0 Å². The van der Waals surface area contributed by atoms with Gasteiger partial charge in [-0.1, -0.05) is 21.1 Å². The quantitative estimate of drug-likeness (QED) is 0.382. The van der Waals surface area contributed by atoms with Gasteiger partial charge in [-0.2, -0.15) is 0 Å². The number of halogens is 1. The van der Waals surface area contributed by atoms with Gasteiger partial charge in [-0.15, -0.1) is 0 Å². The summed E-state index contributed by atoms with van der Waals surface area (Å²) in [6, 6.07) is 6.31. The molecule has 0 bridgehead atoms. The molecule has 0 spiro atoms. The van der Waals surface area contributed by atoms with E-state index < -0.39 is 0 Å². The Balaban J connectivity index is 2.31. The standard InChI is InChI=1S/C14H21BrN4O/c1-18-7-3-4-11(9-18)19(2)13-6-5-10(15)8-12(13)14(16)17-20/h5-6,8,11,20H,3-4,7,9H2,1-2H3,(H2,16,17). The van der Waals surface area contributed by atoms with Crippen molar-refractivity contribution in [2.45, 2.75) is 18.9 Å². The molecule has 1 unspecified atom stereocenters. The van der Waals surface area contributed by atoms with Crippen LogP contribution in [0.4, 0.5) is 5.69 Å². The number of hydrogen-bond acceptors (Lipinski definition) is 4. The number of piperidine rings is 1. The van der Waals surface area contributed by atoms with Crippen LogP contribution in [0.3, 0.4) is 0 Å². The molecule has 1 atom stereocenters. The molecule has 3 N–H and O–H groups in total. The van der Waals surface area contributed by atoms with E-state index in [1.54, 1.807) is 0 Å². The number of nitrogens with two attached hydrogens (primary N) is 1. The Morgan fingerprint density at radius 1 is 1.55 bits per heavy atom. The number of amidine groups is 1. The van der Waals surface area contributed by atoms with Crippen LogP contribution in [0.2, 0.25) is 0 Å². The van der Waals surface area contributed by atoms with Crippen molar-refractivity contribution in [1.82, 2.24) is 4.90 Å². The summed E-state index contributed by atoms with van der Waals surface area (Å²) in [6.07, 6.45) is 2.35. The summed E-state index contributed by atoms with van der Waals surface area (Å²) >= 11 is 3.43. The van der Waals surface area contributed by atoms with E-state index in [1.807, 2.05) is 18.2 Å². The Hall–Kier alpha value is -1.27. The number of benzene rings is 1. The van der Waals surface area contributed by atoms with Gasteiger partial charge in [0.25, 0.3) is 0 Å². The first-order valence-corrected chi connectivity index (χ1v) is 7.51. The van der Waals surface area contributed by atoms with E-state index in [4.69, 9.17) is 10.9 Å². The normalized spacial score (nSPS) is 20.9. The summed E-state index contributed by atoms with van der Waals surface area (Å²) in [5.41, 5.74) is 7.54. The molecule has 20 heavy (non-hydrogen) atoms. The zero-order valence-electron chi connectivity index (χ0n) is 11.9. The van der Waals surface area contributed by atoms with E-state index in [-0.39, 0.29) is 5.84 Å². The fraction of sp³-hybridized carbons (Fsp3) is 0.500. The highest BCUT2D eigenvalue weighted by molar-refractivity contribution is 9.10. The summed E-state index contributed by atoms with van der Waals surface area (Å²) in [5.74, 6) is 0.136. The maximum atomic E-state index is 8.96. The number of likely N-dealkylation sites (N-methyl/N-ethyl adjacent to an activating group) is 2. The smallest absolute Gasteiger partial charge is 0.172 e. The van der Waals surface area contributed by atoms with Gasteiger partial charge in [0.05, 0.1) is 0 Å². The molecule has 1 aromatic carbocycles. The van der Waals surface area contributed by atoms with Crippen molar-refractivity contribution in [3.8, 4) is 0 Å². The number of rotatable bonds is 3. The summed E-state index contributed by atoms with van der Waals surface area (Å²) in [6.45, 7) is 2.18. The Kier molecular flexibility index (Phi) is 4.88. The van der Waals surface area contributed by atoms with E-state index in [1.165, 1.54) is 6.42 Å². The molecule has 5 nitrogen and oxygen atoms in total. The lowest BCUT2D eigenvalue weighted by Gasteiger charge is -2.37. The van der Waals surface area contributed by atoms with Gasteiger partial charge in [-0.3, -0.25) is 0 Å². The van der Waals surface area contributed by atoms with E-state index in [2.05, 4.69) is 45.0 Å². The monoisotopic (exact) mass is 340 g/mol. The number of nitrogens with zero attached hydrogens (tertiary/aromatic N) is 3. The van der Waals surface area contributed by atoms with E-state index in [9.17, 15) is 0 Å². The highest BCUT2D eigenvalue weighted by atomic mass is 79.9. The average Bonchev–Trinajstić information content (AvgIpc) is 2.45. The molecular formula is C14H21BrN4O. The van der Waals surface area contributed by atoms with Crippen molar-refractivity contribution in [2.75, 3.05) is 32.1 Å². The summed E-state index contributed by atoms with van der Waals surface area (Å²) in [7, 11) is 4.22. The summed E-state index contributed by atoms with van der Waals surface area (Å²) in [4.78, 5) is 4.57. The zero-order chi connectivity index (χ0) is 14.7. The van der Waals surface area contributed by atoms with Crippen molar-refractivity contribution >= 4 is 27.5 Å². The molecular weight excluding hydrogens is 320 g/mol. The number of oxime groups is 1. The van der Waals surface area contributed by atoms with Crippen LogP contribution in [-0.2, 0) is 0 Å². The molecule has 1 heterocycles. The predicted molar refractivity (Wildman–Crippen MR) is 85.6 cm³/mol. The van der Waals surface area contributed by atoms with Gasteiger partial charge < -0.3 is 20.7 Å². The minimum atomic E-state index is 0.136. The fourth-order valence-corrected chi connectivity index (χ4v) is 3.09. The van der Waals surface area contributed by atoms with Gasteiger partial charge in [0.15, 0.2) is 5.84 Å². The van der Waals surface area contributed by atoms with Crippen LogP contribution in [0, 0.1) is 0 Å². The summed E-state index contributed by atoms with van der Waals surface area (Å²) in [5, 5.41) is 12.1. The minimum Gasteiger partial charge on any atom is -0.409 e. The van der Waals surface area contributed by atoms with Gasteiger partial charge in [0.1, 0.15) is 0 Å². The summed E-state index contributed by atoms with van der Waals surface area (Å²) < 4.78 is 0.914. The second kappa shape index (κ2) is 6.45. The number of likely N-dealkylation sites (tertiary alicyclic amines) is 1. The van der Waals surface area contributed by atoms with Crippen LogP contribution in [0.1, 0.15) is 18.4 Å². The molecule has 1 aromatic rings. The highest BCUT2D eigenvalue weighted by Crippen LogP contribution is 2.27. The zero-order valence-corrected chi connectivity index (χ0v) is 13.5. The number of anilines is 1. The maximum absolute atomic E-state index is 8.96. The van der Waals surface area contributed by atoms with Crippen molar-refractivity contribution in [3.63, 3.8) is 0 Å². The molecule has 1 fully saturated rings. The van der Waals surface area contributed by atoms with Crippen LogP contribution < -0.4 is 10.6 Å². The molecule has 0 radical (unpaired) electrons. The highest BCUT2D eigenvalue weighted by Gasteiger charge is 2.23. The van der Waals surface area contributed by atoms with E-state index in [0.29, 0.717) is 6.04 Å². The average molecular weight is 341 g/mol. The first-order chi connectivity index (χ1) is 9.52. The lowest BCUT2D eigenvalue weighted by Crippen LogP contribution is -2.45. The van der Waals surface area contributed by atoms with Gasteiger partial charge in [0.2, 0.25) is 0 Å². The van der Waals surface area contributed by atoms with E-state index >= 15 is 0 Å². The first kappa shape index (κ1) is 15.1. The van der Waals surface area contributed by atoms with Gasteiger partial charge in [0, 0.05) is 35.4 Å². The minimum absolute atomic E-state index is 0.136. The molecule has 1 saturated heterocycles. The number of hydrogen-bond donors (Lipinski definition) is 2. The first-order valence-electron chi connectivity index (χ1n) is 6.71.